The lowest BCUT2D eigenvalue weighted by atomic mass is 10.1. The summed E-state index contributed by atoms with van der Waals surface area (Å²) in [5, 5.41) is 2.67. The number of carbonyl (C=O) groups is 3. The van der Waals surface area contributed by atoms with E-state index in [4.69, 9.17) is 9.47 Å². The summed E-state index contributed by atoms with van der Waals surface area (Å²) in [6.07, 6.45) is -0.593. The number of carbonyl (C=O) groups excluding carboxylic acids is 3. The molecule has 0 heterocycles. The molecule has 2 aromatic rings. The number of ether oxygens (including phenoxy) is 2. The third kappa shape index (κ3) is 6.22. The number of anilines is 1. The van der Waals surface area contributed by atoms with E-state index in [9.17, 15) is 18.8 Å². The normalized spacial score (nSPS) is 11.4. The number of ketones is 1. The summed E-state index contributed by atoms with van der Waals surface area (Å²) >= 11 is 0. The molecular formula is C20H20FNO5. The van der Waals surface area contributed by atoms with Gasteiger partial charge in [-0.15, -0.1) is 0 Å². The van der Waals surface area contributed by atoms with Crippen LogP contribution in [-0.2, 0) is 14.3 Å². The molecule has 2 rings (SSSR count). The predicted molar refractivity (Wildman–Crippen MR) is 97.1 cm³/mol. The van der Waals surface area contributed by atoms with Crippen molar-refractivity contribution in [1.29, 1.82) is 0 Å². The summed E-state index contributed by atoms with van der Waals surface area (Å²) < 4.78 is 23.2. The van der Waals surface area contributed by atoms with Crippen molar-refractivity contribution in [2.24, 2.45) is 0 Å². The first kappa shape index (κ1) is 20.1. The number of esters is 1. The Kier molecular flexibility index (Phi) is 7.05. The average molecular weight is 373 g/mol. The van der Waals surface area contributed by atoms with E-state index in [-0.39, 0.29) is 11.7 Å². The van der Waals surface area contributed by atoms with Crippen molar-refractivity contribution in [3.8, 4) is 5.75 Å². The lowest BCUT2D eigenvalue weighted by molar-refractivity contribution is -0.149. The molecule has 6 nitrogen and oxygen atoms in total. The summed E-state index contributed by atoms with van der Waals surface area (Å²) in [5.74, 6) is -1.32. The van der Waals surface area contributed by atoms with Crippen LogP contribution in [0.5, 0.6) is 5.75 Å². The van der Waals surface area contributed by atoms with Gasteiger partial charge in [0.1, 0.15) is 11.6 Å². The standard InChI is InChI=1S/C20H20FNO5/c1-3-19(24)22-16-8-4-14(5-9-16)18(23)12-26-20(25)13(2)27-17-10-6-15(21)7-11-17/h4-11,13H,3,12H2,1-2H3,(H,22,24)/t13-/m1/s1. The van der Waals surface area contributed by atoms with Crippen molar-refractivity contribution in [1.82, 2.24) is 0 Å². The highest BCUT2D eigenvalue weighted by molar-refractivity contribution is 5.99. The second-order valence-corrected chi connectivity index (χ2v) is 5.72. The van der Waals surface area contributed by atoms with Crippen LogP contribution < -0.4 is 10.1 Å². The van der Waals surface area contributed by atoms with Gasteiger partial charge in [-0.1, -0.05) is 6.92 Å². The van der Waals surface area contributed by atoms with Crippen molar-refractivity contribution in [2.75, 3.05) is 11.9 Å². The Hall–Kier alpha value is -3.22. The Morgan fingerprint density at radius 3 is 2.26 bits per heavy atom. The Balaban J connectivity index is 1.84. The molecule has 0 aliphatic rings. The smallest absolute Gasteiger partial charge is 0.347 e. The molecule has 1 amide bonds. The summed E-state index contributed by atoms with van der Waals surface area (Å²) in [5.41, 5.74) is 0.932. The zero-order valence-corrected chi connectivity index (χ0v) is 15.0. The maximum Gasteiger partial charge on any atom is 0.347 e. The maximum absolute atomic E-state index is 12.9. The van der Waals surface area contributed by atoms with Gasteiger partial charge in [-0.2, -0.15) is 0 Å². The fourth-order valence-electron chi connectivity index (χ4n) is 2.09. The maximum atomic E-state index is 12.9. The van der Waals surface area contributed by atoms with Crippen molar-refractivity contribution in [3.05, 3.63) is 59.9 Å². The SMILES string of the molecule is CCC(=O)Nc1ccc(C(=O)COC(=O)[C@@H](C)Oc2ccc(F)cc2)cc1. The van der Waals surface area contributed by atoms with Crippen LogP contribution in [0.4, 0.5) is 10.1 Å². The van der Waals surface area contributed by atoms with Crippen LogP contribution >= 0.6 is 0 Å². The molecule has 0 unspecified atom stereocenters. The third-order valence-electron chi connectivity index (χ3n) is 3.62. The summed E-state index contributed by atoms with van der Waals surface area (Å²) in [4.78, 5) is 35.4. The summed E-state index contributed by atoms with van der Waals surface area (Å²) in [6.45, 7) is 2.78. The highest BCUT2D eigenvalue weighted by Gasteiger charge is 2.18. The zero-order valence-electron chi connectivity index (χ0n) is 15.0. The second kappa shape index (κ2) is 9.47. The third-order valence-corrected chi connectivity index (χ3v) is 3.62. The predicted octanol–water partition coefficient (Wildman–Crippen LogP) is 3.37. The largest absolute Gasteiger partial charge is 0.479 e. The van der Waals surface area contributed by atoms with E-state index in [1.165, 1.54) is 31.2 Å². The van der Waals surface area contributed by atoms with Gasteiger partial charge in [0.2, 0.25) is 5.91 Å². The first-order valence-electron chi connectivity index (χ1n) is 8.41. The van der Waals surface area contributed by atoms with Gasteiger partial charge in [-0.25, -0.2) is 9.18 Å². The molecule has 0 radical (unpaired) electrons. The van der Waals surface area contributed by atoms with Crippen molar-refractivity contribution in [2.45, 2.75) is 26.4 Å². The molecule has 0 fully saturated rings. The summed E-state index contributed by atoms with van der Waals surface area (Å²) in [7, 11) is 0. The molecule has 2 aromatic carbocycles. The molecule has 27 heavy (non-hydrogen) atoms. The molecule has 0 saturated heterocycles. The van der Waals surface area contributed by atoms with E-state index in [2.05, 4.69) is 5.32 Å². The van der Waals surface area contributed by atoms with E-state index in [0.717, 1.165) is 0 Å². The molecule has 0 saturated carbocycles. The highest BCUT2D eigenvalue weighted by atomic mass is 19.1. The molecule has 0 aliphatic carbocycles. The fourth-order valence-corrected chi connectivity index (χ4v) is 2.09. The van der Waals surface area contributed by atoms with Crippen LogP contribution in [0.2, 0.25) is 0 Å². The minimum Gasteiger partial charge on any atom is -0.479 e. The van der Waals surface area contributed by atoms with Crippen LogP contribution in [0.15, 0.2) is 48.5 Å². The van der Waals surface area contributed by atoms with E-state index in [0.29, 0.717) is 23.4 Å². The first-order valence-corrected chi connectivity index (χ1v) is 8.41. The minimum absolute atomic E-state index is 0.127. The number of hydrogen-bond acceptors (Lipinski definition) is 5. The monoisotopic (exact) mass is 373 g/mol. The number of rotatable bonds is 8. The Morgan fingerprint density at radius 2 is 1.67 bits per heavy atom. The molecule has 7 heteroatoms. The van der Waals surface area contributed by atoms with Crippen LogP contribution in [0.25, 0.3) is 0 Å². The fraction of sp³-hybridized carbons (Fsp3) is 0.250. The van der Waals surface area contributed by atoms with Crippen LogP contribution in [0.1, 0.15) is 30.6 Å². The second-order valence-electron chi connectivity index (χ2n) is 5.72. The molecule has 1 N–H and O–H groups in total. The molecule has 0 bridgehead atoms. The van der Waals surface area contributed by atoms with Gasteiger partial charge in [0.05, 0.1) is 0 Å². The van der Waals surface area contributed by atoms with Gasteiger partial charge >= 0.3 is 5.97 Å². The van der Waals surface area contributed by atoms with E-state index in [1.54, 1.807) is 31.2 Å². The number of benzene rings is 2. The number of nitrogens with one attached hydrogen (secondary N) is 1. The molecular weight excluding hydrogens is 353 g/mol. The average Bonchev–Trinajstić information content (AvgIpc) is 2.68. The molecule has 1 atom stereocenters. The quantitative estimate of drug-likeness (QED) is 0.567. The van der Waals surface area contributed by atoms with Crippen LogP contribution in [-0.4, -0.2) is 30.4 Å². The van der Waals surface area contributed by atoms with Crippen molar-refractivity contribution < 1.29 is 28.2 Å². The number of halogens is 1. The zero-order chi connectivity index (χ0) is 19.8. The minimum atomic E-state index is -0.949. The molecule has 0 spiro atoms. The topological polar surface area (TPSA) is 81.7 Å². The molecule has 0 aromatic heterocycles. The van der Waals surface area contributed by atoms with Crippen LogP contribution in [0.3, 0.4) is 0 Å². The number of amides is 1. The van der Waals surface area contributed by atoms with Gasteiger partial charge in [-0.05, 0) is 55.5 Å². The van der Waals surface area contributed by atoms with Gasteiger partial charge in [0.25, 0.3) is 0 Å². The highest BCUT2D eigenvalue weighted by Crippen LogP contribution is 2.14. The van der Waals surface area contributed by atoms with Gasteiger partial charge in [0.15, 0.2) is 18.5 Å². The lowest BCUT2D eigenvalue weighted by Crippen LogP contribution is -2.28. The first-order chi connectivity index (χ1) is 12.9. The van der Waals surface area contributed by atoms with E-state index in [1.807, 2.05) is 0 Å². The Bertz CT molecular complexity index is 802. The van der Waals surface area contributed by atoms with E-state index < -0.39 is 24.5 Å². The van der Waals surface area contributed by atoms with Crippen molar-refractivity contribution >= 4 is 23.3 Å². The Morgan fingerprint density at radius 1 is 1.04 bits per heavy atom. The van der Waals surface area contributed by atoms with E-state index >= 15 is 0 Å². The summed E-state index contributed by atoms with van der Waals surface area (Å²) in [6, 6.07) is 11.5. The van der Waals surface area contributed by atoms with Gasteiger partial charge < -0.3 is 14.8 Å². The van der Waals surface area contributed by atoms with Gasteiger partial charge in [-0.3, -0.25) is 9.59 Å². The van der Waals surface area contributed by atoms with Crippen molar-refractivity contribution in [3.63, 3.8) is 0 Å². The molecule has 142 valence electrons. The number of hydrogen-bond donors (Lipinski definition) is 1. The van der Waals surface area contributed by atoms with Gasteiger partial charge in [0, 0.05) is 17.7 Å². The lowest BCUT2D eigenvalue weighted by Gasteiger charge is -2.13. The molecule has 0 aliphatic heterocycles. The van der Waals surface area contributed by atoms with Crippen LogP contribution in [0, 0.1) is 5.82 Å². The Labute approximate surface area is 156 Å². The number of Topliss-reactive ketones (excluding diaryl/α,β-unsaturated/α-hetero) is 1.